The Morgan fingerprint density at radius 2 is 1.97 bits per heavy atom. The molecule has 2 aromatic rings. The highest BCUT2D eigenvalue weighted by Gasteiger charge is 2.25. The highest BCUT2D eigenvalue weighted by molar-refractivity contribution is 14.0. The Kier molecular flexibility index (Phi) is 10.1. The van der Waals surface area contributed by atoms with Crippen LogP contribution in [0.15, 0.2) is 47.5 Å². The van der Waals surface area contributed by atoms with Crippen molar-refractivity contribution in [3.63, 3.8) is 0 Å². The smallest absolute Gasteiger partial charge is 0.227 e. The van der Waals surface area contributed by atoms with Crippen molar-refractivity contribution < 1.29 is 9.53 Å². The van der Waals surface area contributed by atoms with Gasteiger partial charge in [-0.3, -0.25) is 9.79 Å². The van der Waals surface area contributed by atoms with Crippen molar-refractivity contribution in [2.45, 2.75) is 39.2 Å². The van der Waals surface area contributed by atoms with Gasteiger partial charge in [0.1, 0.15) is 5.75 Å². The lowest BCUT2D eigenvalue weighted by atomic mass is 9.85. The van der Waals surface area contributed by atoms with Crippen LogP contribution < -0.4 is 20.7 Å². The van der Waals surface area contributed by atoms with Crippen molar-refractivity contribution in [1.82, 2.24) is 10.6 Å². The quantitative estimate of drug-likeness (QED) is 0.268. The first-order chi connectivity index (χ1) is 14.6. The van der Waals surface area contributed by atoms with Gasteiger partial charge in [0.25, 0.3) is 0 Å². The Hall–Kier alpha value is -2.29. The van der Waals surface area contributed by atoms with Crippen molar-refractivity contribution in [2.75, 3.05) is 26.0 Å². The number of carbonyl (C=O) groups excluding carboxylic acids is 1. The third-order valence-electron chi connectivity index (χ3n) is 5.48. The number of nitrogens with one attached hydrogen (secondary N) is 3. The number of amides is 1. The molecule has 1 saturated carbocycles. The zero-order valence-electron chi connectivity index (χ0n) is 18.5. The maximum absolute atomic E-state index is 12.2. The molecule has 0 bridgehead atoms. The van der Waals surface area contributed by atoms with Gasteiger partial charge in [0, 0.05) is 31.7 Å². The molecule has 0 aliphatic heterocycles. The molecule has 0 spiro atoms. The topological polar surface area (TPSA) is 74.8 Å². The summed E-state index contributed by atoms with van der Waals surface area (Å²) in [6, 6.07) is 14.2. The van der Waals surface area contributed by atoms with Crippen LogP contribution in [0.25, 0.3) is 0 Å². The predicted octanol–water partition coefficient (Wildman–Crippen LogP) is 4.27. The van der Waals surface area contributed by atoms with E-state index in [1.807, 2.05) is 30.3 Å². The summed E-state index contributed by atoms with van der Waals surface area (Å²) >= 11 is 0. The minimum Gasteiger partial charge on any atom is -0.496 e. The second kappa shape index (κ2) is 12.5. The van der Waals surface area contributed by atoms with Crippen LogP contribution in [0.2, 0.25) is 0 Å². The van der Waals surface area contributed by atoms with Crippen LogP contribution in [0.3, 0.4) is 0 Å². The van der Waals surface area contributed by atoms with Gasteiger partial charge >= 0.3 is 0 Å². The van der Waals surface area contributed by atoms with Gasteiger partial charge in [-0.1, -0.05) is 36.2 Å². The van der Waals surface area contributed by atoms with Crippen LogP contribution in [0.4, 0.5) is 5.69 Å². The Balaban J connectivity index is 0.00000341. The lowest BCUT2D eigenvalue weighted by Crippen LogP contribution is -2.37. The number of aliphatic imine (C=N–C) groups is 1. The van der Waals surface area contributed by atoms with Crippen LogP contribution in [0.1, 0.15) is 36.0 Å². The molecule has 0 aromatic heterocycles. The van der Waals surface area contributed by atoms with E-state index in [1.165, 1.54) is 11.1 Å². The van der Waals surface area contributed by atoms with Gasteiger partial charge in [0.05, 0.1) is 7.11 Å². The molecule has 2 aromatic carbocycles. The van der Waals surface area contributed by atoms with Gasteiger partial charge < -0.3 is 20.7 Å². The standard InChI is InChI=1S/C24H32N4O2.HI/c1-17-10-11-22(30-3)20(14-17)12-13-26-24(25-2)27-16-18-6-4-9-21(15-18)28-23(29)19-7-5-8-19;/h4,6,9-11,14-15,19H,5,7-8,12-13,16H2,1-3H3,(H,28,29)(H2,25,26,27);1H. The SMILES string of the molecule is CN=C(NCCc1cc(C)ccc1OC)NCc1cccc(NC(=O)C2CCC2)c1.I. The predicted molar refractivity (Wildman–Crippen MR) is 137 cm³/mol. The average Bonchev–Trinajstić information content (AvgIpc) is 2.69. The molecule has 6 nitrogen and oxygen atoms in total. The van der Waals surface area contributed by atoms with Crippen molar-refractivity contribution in [2.24, 2.45) is 10.9 Å². The highest BCUT2D eigenvalue weighted by atomic mass is 127. The summed E-state index contributed by atoms with van der Waals surface area (Å²) in [7, 11) is 3.46. The number of ether oxygens (including phenoxy) is 1. The van der Waals surface area contributed by atoms with E-state index in [1.54, 1.807) is 14.2 Å². The Labute approximate surface area is 202 Å². The van der Waals surface area contributed by atoms with E-state index < -0.39 is 0 Å². The number of nitrogens with zero attached hydrogens (tertiary/aromatic N) is 1. The number of benzene rings is 2. The number of guanidine groups is 1. The number of hydrogen-bond donors (Lipinski definition) is 3. The molecule has 31 heavy (non-hydrogen) atoms. The molecule has 0 radical (unpaired) electrons. The molecule has 3 N–H and O–H groups in total. The molecular formula is C24H33IN4O2. The lowest BCUT2D eigenvalue weighted by Gasteiger charge is -2.24. The third kappa shape index (κ3) is 7.41. The van der Waals surface area contributed by atoms with Gasteiger partial charge in [-0.25, -0.2) is 0 Å². The van der Waals surface area contributed by atoms with E-state index in [-0.39, 0.29) is 35.8 Å². The summed E-state index contributed by atoms with van der Waals surface area (Å²) < 4.78 is 5.45. The first-order valence-corrected chi connectivity index (χ1v) is 10.6. The number of methoxy groups -OCH3 is 1. The van der Waals surface area contributed by atoms with Crippen LogP contribution in [-0.2, 0) is 17.8 Å². The van der Waals surface area contributed by atoms with Crippen molar-refractivity contribution in [1.29, 1.82) is 0 Å². The third-order valence-corrected chi connectivity index (χ3v) is 5.48. The van der Waals surface area contributed by atoms with Crippen LogP contribution >= 0.6 is 24.0 Å². The molecule has 0 unspecified atom stereocenters. The highest BCUT2D eigenvalue weighted by Crippen LogP contribution is 2.27. The van der Waals surface area contributed by atoms with Crippen LogP contribution in [-0.4, -0.2) is 32.6 Å². The van der Waals surface area contributed by atoms with Crippen molar-refractivity contribution in [3.05, 3.63) is 59.2 Å². The molecule has 1 aliphatic carbocycles. The number of halogens is 1. The molecular weight excluding hydrogens is 503 g/mol. The maximum atomic E-state index is 12.2. The number of hydrogen-bond acceptors (Lipinski definition) is 3. The Morgan fingerprint density at radius 3 is 2.65 bits per heavy atom. The van der Waals surface area contributed by atoms with E-state index in [9.17, 15) is 4.79 Å². The number of rotatable bonds is 8. The summed E-state index contributed by atoms with van der Waals surface area (Å²) in [4.78, 5) is 16.5. The van der Waals surface area contributed by atoms with Crippen molar-refractivity contribution in [3.8, 4) is 5.75 Å². The first kappa shape index (κ1) is 25.0. The average molecular weight is 536 g/mol. The minimum absolute atomic E-state index is 0. The fraction of sp³-hybridized carbons (Fsp3) is 0.417. The van der Waals surface area contributed by atoms with Crippen molar-refractivity contribution >= 4 is 41.5 Å². The summed E-state index contributed by atoms with van der Waals surface area (Å²) in [5.74, 6) is 1.97. The number of carbonyl (C=O) groups is 1. The van der Waals surface area contributed by atoms with Crippen LogP contribution in [0.5, 0.6) is 5.75 Å². The summed E-state index contributed by atoms with van der Waals surface area (Å²) in [6.07, 6.45) is 4.01. The largest absolute Gasteiger partial charge is 0.496 e. The molecule has 0 heterocycles. The molecule has 1 aliphatic rings. The molecule has 0 atom stereocenters. The molecule has 1 amide bonds. The van der Waals surface area contributed by atoms with Gasteiger partial charge in [0.15, 0.2) is 5.96 Å². The second-order valence-electron chi connectivity index (χ2n) is 7.74. The lowest BCUT2D eigenvalue weighted by molar-refractivity contribution is -0.122. The monoisotopic (exact) mass is 536 g/mol. The fourth-order valence-electron chi connectivity index (χ4n) is 3.50. The summed E-state index contributed by atoms with van der Waals surface area (Å²) in [6.45, 7) is 3.46. The molecule has 7 heteroatoms. The van der Waals surface area contributed by atoms with Crippen LogP contribution in [0, 0.1) is 12.8 Å². The molecule has 1 fully saturated rings. The summed E-state index contributed by atoms with van der Waals surface area (Å²) in [5.41, 5.74) is 4.33. The Morgan fingerprint density at radius 1 is 1.16 bits per heavy atom. The minimum atomic E-state index is 0. The zero-order valence-corrected chi connectivity index (χ0v) is 20.9. The summed E-state index contributed by atoms with van der Waals surface area (Å²) in [5, 5.41) is 9.71. The van der Waals surface area contributed by atoms with E-state index in [0.29, 0.717) is 6.54 Å². The zero-order chi connectivity index (χ0) is 21.3. The number of aryl methyl sites for hydroxylation is 1. The van der Waals surface area contributed by atoms with Gasteiger partial charge in [-0.15, -0.1) is 24.0 Å². The molecule has 3 rings (SSSR count). The normalized spacial score (nSPS) is 13.6. The van der Waals surface area contributed by atoms with E-state index in [2.05, 4.69) is 40.0 Å². The fourth-order valence-corrected chi connectivity index (χ4v) is 3.50. The second-order valence-corrected chi connectivity index (χ2v) is 7.74. The molecule has 168 valence electrons. The van der Waals surface area contributed by atoms with Gasteiger partial charge in [-0.2, -0.15) is 0 Å². The van der Waals surface area contributed by atoms with Gasteiger partial charge in [-0.05, 0) is 55.5 Å². The van der Waals surface area contributed by atoms with E-state index >= 15 is 0 Å². The van der Waals surface area contributed by atoms with E-state index in [0.717, 1.165) is 55.2 Å². The maximum Gasteiger partial charge on any atom is 0.227 e. The first-order valence-electron chi connectivity index (χ1n) is 10.6. The molecule has 0 saturated heterocycles. The Bertz CT molecular complexity index is 897. The number of anilines is 1. The van der Waals surface area contributed by atoms with Gasteiger partial charge in [0.2, 0.25) is 5.91 Å². The van der Waals surface area contributed by atoms with E-state index in [4.69, 9.17) is 4.74 Å².